The van der Waals surface area contributed by atoms with Crippen molar-refractivity contribution >= 4 is 35.8 Å². The van der Waals surface area contributed by atoms with Gasteiger partial charge >= 0.3 is 0 Å². The summed E-state index contributed by atoms with van der Waals surface area (Å²) < 4.78 is 5.74. The van der Waals surface area contributed by atoms with E-state index in [2.05, 4.69) is 26.6 Å². The Morgan fingerprint density at radius 2 is 1.90 bits per heavy atom. The van der Waals surface area contributed by atoms with Gasteiger partial charge in [0, 0.05) is 34.2 Å². The van der Waals surface area contributed by atoms with Crippen LogP contribution in [-0.4, -0.2) is 69.0 Å². The summed E-state index contributed by atoms with van der Waals surface area (Å²) in [7, 11) is 5.48. The molecule has 1 unspecified atom stereocenters. The minimum Gasteiger partial charge on any atom is -0.468 e. The van der Waals surface area contributed by atoms with Gasteiger partial charge in [-0.3, -0.25) is 14.7 Å². The van der Waals surface area contributed by atoms with E-state index < -0.39 is 0 Å². The highest BCUT2D eigenvalue weighted by molar-refractivity contribution is 14.0. The SMILES string of the molecule is CN=C(NCC(c1ccco1)N1CCCCC1)NCC1(C(=O)N(C)C)CCCC1.I. The number of guanidine groups is 1. The van der Waals surface area contributed by atoms with Crippen molar-refractivity contribution in [2.45, 2.75) is 51.0 Å². The van der Waals surface area contributed by atoms with Crippen LogP contribution in [0.2, 0.25) is 0 Å². The third-order valence-corrected chi connectivity index (χ3v) is 6.40. The van der Waals surface area contributed by atoms with Crippen LogP contribution in [0, 0.1) is 5.41 Å². The first kappa shape index (κ1) is 25.0. The number of nitrogens with one attached hydrogen (secondary N) is 2. The standard InChI is InChI=1S/C22H37N5O2.HI/c1-23-21(25-17-22(11-5-6-12-22)20(28)26(2)3)24-16-18(19-10-9-15-29-19)27-13-7-4-8-14-27;/h9-10,15,18H,4-8,11-14,16-17H2,1-3H3,(H2,23,24,25);1H. The Morgan fingerprint density at radius 1 is 1.20 bits per heavy atom. The third-order valence-electron chi connectivity index (χ3n) is 6.40. The van der Waals surface area contributed by atoms with Crippen LogP contribution >= 0.6 is 24.0 Å². The fourth-order valence-electron chi connectivity index (χ4n) is 4.78. The molecule has 1 aromatic rings. The highest BCUT2D eigenvalue weighted by atomic mass is 127. The van der Waals surface area contributed by atoms with Gasteiger partial charge in [-0.25, -0.2) is 0 Å². The summed E-state index contributed by atoms with van der Waals surface area (Å²) >= 11 is 0. The molecule has 0 spiro atoms. The Hall–Kier alpha value is -1.29. The second-order valence-electron chi connectivity index (χ2n) is 8.62. The van der Waals surface area contributed by atoms with Crippen LogP contribution < -0.4 is 10.6 Å². The van der Waals surface area contributed by atoms with Gasteiger partial charge < -0.3 is 20.0 Å². The number of nitrogens with zero attached hydrogens (tertiary/aromatic N) is 3. The van der Waals surface area contributed by atoms with Gasteiger partial charge in [-0.2, -0.15) is 0 Å². The van der Waals surface area contributed by atoms with Crippen LogP contribution in [0.5, 0.6) is 0 Å². The predicted octanol–water partition coefficient (Wildman–Crippen LogP) is 3.24. The molecule has 8 heteroatoms. The van der Waals surface area contributed by atoms with E-state index in [4.69, 9.17) is 4.42 Å². The predicted molar refractivity (Wildman–Crippen MR) is 131 cm³/mol. The normalized spacial score (nSPS) is 20.3. The second-order valence-corrected chi connectivity index (χ2v) is 8.62. The van der Waals surface area contributed by atoms with Gasteiger partial charge in [-0.1, -0.05) is 19.3 Å². The zero-order valence-electron chi connectivity index (χ0n) is 18.7. The lowest BCUT2D eigenvalue weighted by Gasteiger charge is -2.34. The van der Waals surface area contributed by atoms with Gasteiger partial charge in [0.15, 0.2) is 5.96 Å². The molecule has 1 saturated heterocycles. The highest BCUT2D eigenvalue weighted by Crippen LogP contribution is 2.38. The van der Waals surface area contributed by atoms with Crippen molar-refractivity contribution in [3.05, 3.63) is 24.2 Å². The molecule has 2 N–H and O–H groups in total. The maximum Gasteiger partial charge on any atom is 0.230 e. The number of rotatable bonds is 7. The van der Waals surface area contributed by atoms with Crippen molar-refractivity contribution < 1.29 is 9.21 Å². The van der Waals surface area contributed by atoms with E-state index in [9.17, 15) is 4.79 Å². The Morgan fingerprint density at radius 3 is 2.47 bits per heavy atom. The van der Waals surface area contributed by atoms with E-state index in [1.54, 1.807) is 18.2 Å². The summed E-state index contributed by atoms with van der Waals surface area (Å²) in [4.78, 5) is 21.4. The average Bonchev–Trinajstić information content (AvgIpc) is 3.43. The zero-order valence-corrected chi connectivity index (χ0v) is 21.0. The van der Waals surface area contributed by atoms with E-state index in [0.29, 0.717) is 6.54 Å². The van der Waals surface area contributed by atoms with Gasteiger partial charge in [-0.05, 0) is 50.9 Å². The van der Waals surface area contributed by atoms with Crippen molar-refractivity contribution in [3.63, 3.8) is 0 Å². The Bertz CT molecular complexity index is 665. The van der Waals surface area contributed by atoms with Crippen LogP contribution in [0.1, 0.15) is 56.7 Å². The van der Waals surface area contributed by atoms with Crippen LogP contribution in [0.4, 0.5) is 0 Å². The monoisotopic (exact) mass is 531 g/mol. The Balaban J connectivity index is 0.00000320. The molecule has 1 atom stereocenters. The van der Waals surface area contributed by atoms with Crippen LogP contribution in [-0.2, 0) is 4.79 Å². The maximum absolute atomic E-state index is 12.8. The molecule has 7 nitrogen and oxygen atoms in total. The molecule has 1 aromatic heterocycles. The second kappa shape index (κ2) is 11.9. The molecule has 1 amide bonds. The Labute approximate surface area is 198 Å². The number of halogens is 1. The third kappa shape index (κ3) is 6.12. The molecule has 170 valence electrons. The summed E-state index contributed by atoms with van der Waals surface area (Å²) in [5.74, 6) is 1.96. The van der Waals surface area contributed by atoms with E-state index >= 15 is 0 Å². The van der Waals surface area contributed by atoms with Crippen LogP contribution in [0.25, 0.3) is 0 Å². The van der Waals surface area contributed by atoms with E-state index in [-0.39, 0.29) is 41.3 Å². The van der Waals surface area contributed by atoms with Crippen molar-refractivity contribution in [3.8, 4) is 0 Å². The summed E-state index contributed by atoms with van der Waals surface area (Å²) in [6.07, 6.45) is 9.63. The molecule has 30 heavy (non-hydrogen) atoms. The molecule has 3 rings (SSSR count). The number of carbonyl (C=O) groups is 1. The van der Waals surface area contributed by atoms with Crippen molar-refractivity contribution in [2.24, 2.45) is 10.4 Å². The lowest BCUT2D eigenvalue weighted by molar-refractivity contribution is -0.138. The van der Waals surface area contributed by atoms with Gasteiger partial charge in [0.2, 0.25) is 5.91 Å². The molecule has 0 aromatic carbocycles. The lowest BCUT2D eigenvalue weighted by Crippen LogP contribution is -2.50. The number of furan rings is 1. The highest BCUT2D eigenvalue weighted by Gasteiger charge is 2.42. The number of aliphatic imine (C=N–C) groups is 1. The van der Waals surface area contributed by atoms with Gasteiger partial charge in [-0.15, -0.1) is 24.0 Å². The topological polar surface area (TPSA) is 73.1 Å². The average molecular weight is 531 g/mol. The molecular formula is C22H38IN5O2. The molecule has 2 aliphatic rings. The van der Waals surface area contributed by atoms with E-state index in [0.717, 1.165) is 57.0 Å². The number of hydrogen-bond donors (Lipinski definition) is 2. The molecule has 1 aliphatic carbocycles. The fourth-order valence-corrected chi connectivity index (χ4v) is 4.78. The lowest BCUT2D eigenvalue weighted by atomic mass is 9.84. The summed E-state index contributed by atoms with van der Waals surface area (Å²) in [6.45, 7) is 3.54. The van der Waals surface area contributed by atoms with Gasteiger partial charge in [0.25, 0.3) is 0 Å². The number of carbonyl (C=O) groups excluding carboxylic acids is 1. The summed E-state index contributed by atoms with van der Waals surface area (Å²) in [6, 6.07) is 4.20. The fraction of sp³-hybridized carbons (Fsp3) is 0.727. The molecule has 1 aliphatic heterocycles. The van der Waals surface area contributed by atoms with Crippen molar-refractivity contribution in [2.75, 3.05) is 47.3 Å². The van der Waals surface area contributed by atoms with E-state index in [1.807, 2.05) is 20.2 Å². The number of piperidine rings is 1. The maximum atomic E-state index is 12.8. The van der Waals surface area contributed by atoms with Crippen LogP contribution in [0.15, 0.2) is 27.8 Å². The van der Waals surface area contributed by atoms with Crippen molar-refractivity contribution in [1.29, 1.82) is 0 Å². The minimum absolute atomic E-state index is 0. The minimum atomic E-state index is -0.311. The molecule has 2 fully saturated rings. The van der Waals surface area contributed by atoms with Gasteiger partial charge in [0.1, 0.15) is 5.76 Å². The van der Waals surface area contributed by atoms with Gasteiger partial charge in [0.05, 0.1) is 17.7 Å². The number of likely N-dealkylation sites (tertiary alicyclic amines) is 1. The Kier molecular flexibility index (Phi) is 9.93. The number of amides is 1. The zero-order chi connectivity index (χ0) is 20.7. The first-order valence-electron chi connectivity index (χ1n) is 11.0. The van der Waals surface area contributed by atoms with Crippen LogP contribution in [0.3, 0.4) is 0 Å². The number of hydrogen-bond acceptors (Lipinski definition) is 4. The summed E-state index contributed by atoms with van der Waals surface area (Å²) in [5.41, 5.74) is -0.311. The largest absolute Gasteiger partial charge is 0.468 e. The van der Waals surface area contributed by atoms with Crippen molar-refractivity contribution in [1.82, 2.24) is 20.4 Å². The smallest absolute Gasteiger partial charge is 0.230 e. The molecule has 0 radical (unpaired) electrons. The first-order valence-corrected chi connectivity index (χ1v) is 11.0. The molecule has 2 heterocycles. The van der Waals surface area contributed by atoms with E-state index in [1.165, 1.54) is 19.3 Å². The molecule has 1 saturated carbocycles. The quantitative estimate of drug-likeness (QED) is 0.321. The first-order chi connectivity index (χ1) is 14.1. The summed E-state index contributed by atoms with van der Waals surface area (Å²) in [5, 5.41) is 6.91. The molecular weight excluding hydrogens is 493 g/mol. The molecule has 0 bridgehead atoms.